The first kappa shape index (κ1) is 10.6. The highest BCUT2D eigenvalue weighted by atomic mass is 16.5. The first-order valence-corrected chi connectivity index (χ1v) is 4.08. The van der Waals surface area contributed by atoms with Crippen LogP contribution in [0.5, 0.6) is 0 Å². The fourth-order valence-electron chi connectivity index (χ4n) is 1.05. The highest BCUT2D eigenvalue weighted by Gasteiger charge is 2.09. The largest absolute Gasteiger partial charge is 0.478 e. The number of ether oxygens (including phenoxy) is 1. The molecule has 1 atom stereocenters. The van der Waals surface area contributed by atoms with E-state index in [0.717, 1.165) is 0 Å². The van der Waals surface area contributed by atoms with Gasteiger partial charge in [-0.2, -0.15) is 0 Å². The molecule has 0 saturated carbocycles. The van der Waals surface area contributed by atoms with Crippen LogP contribution in [0.25, 0.3) is 0 Å². The lowest BCUT2D eigenvalue weighted by Gasteiger charge is -2.10. The number of methoxy groups -OCH3 is 1. The number of nitrogens with zero attached hydrogens (tertiary/aromatic N) is 1. The summed E-state index contributed by atoms with van der Waals surface area (Å²) >= 11 is 0. The maximum absolute atomic E-state index is 10.6. The number of hydrogen-bond donors (Lipinski definition) is 2. The van der Waals surface area contributed by atoms with E-state index >= 15 is 0 Å². The van der Waals surface area contributed by atoms with E-state index in [9.17, 15) is 4.79 Å². The Bertz CT molecular complexity index is 328. The topological polar surface area (TPSA) is 85.4 Å². The third-order valence-corrected chi connectivity index (χ3v) is 1.78. The Hall–Kier alpha value is -1.46. The number of aromatic nitrogens is 1. The molecule has 0 amide bonds. The maximum Gasteiger partial charge on any atom is 0.337 e. The average Bonchev–Trinajstić information content (AvgIpc) is 2.18. The first-order chi connectivity index (χ1) is 6.65. The van der Waals surface area contributed by atoms with Crippen LogP contribution in [0.4, 0.5) is 0 Å². The van der Waals surface area contributed by atoms with Crippen LogP contribution in [0.1, 0.15) is 22.0 Å². The van der Waals surface area contributed by atoms with Crippen LogP contribution in [0.2, 0.25) is 0 Å². The van der Waals surface area contributed by atoms with E-state index in [2.05, 4.69) is 4.98 Å². The Morgan fingerprint density at radius 1 is 1.71 bits per heavy atom. The molecule has 0 saturated heterocycles. The summed E-state index contributed by atoms with van der Waals surface area (Å²) in [6.07, 6.45) is 2.82. The number of nitrogens with two attached hydrogens (primary N) is 1. The molecule has 0 radical (unpaired) electrons. The second-order valence-electron chi connectivity index (χ2n) is 2.87. The van der Waals surface area contributed by atoms with E-state index in [1.807, 2.05) is 0 Å². The molecule has 0 aliphatic carbocycles. The third kappa shape index (κ3) is 2.51. The van der Waals surface area contributed by atoms with Crippen molar-refractivity contribution in [3.63, 3.8) is 0 Å². The van der Waals surface area contributed by atoms with Crippen LogP contribution in [0.3, 0.4) is 0 Å². The van der Waals surface area contributed by atoms with Crippen molar-refractivity contribution in [1.29, 1.82) is 0 Å². The van der Waals surface area contributed by atoms with E-state index in [1.54, 1.807) is 0 Å². The predicted octanol–water partition coefficient (Wildman–Crippen LogP) is 0.426. The third-order valence-electron chi connectivity index (χ3n) is 1.78. The van der Waals surface area contributed by atoms with Gasteiger partial charge in [-0.3, -0.25) is 4.98 Å². The van der Waals surface area contributed by atoms with Crippen molar-refractivity contribution in [1.82, 2.24) is 4.98 Å². The molecule has 0 unspecified atom stereocenters. The quantitative estimate of drug-likeness (QED) is 0.729. The lowest BCUT2D eigenvalue weighted by Crippen LogP contribution is -2.17. The van der Waals surface area contributed by atoms with Gasteiger partial charge in [0.2, 0.25) is 0 Å². The van der Waals surface area contributed by atoms with Gasteiger partial charge in [-0.1, -0.05) is 0 Å². The summed E-state index contributed by atoms with van der Waals surface area (Å²) in [5.74, 6) is -1.01. The van der Waals surface area contributed by atoms with E-state index in [-0.39, 0.29) is 11.6 Å². The molecule has 0 aliphatic heterocycles. The Balaban J connectivity index is 2.87. The second kappa shape index (κ2) is 4.69. The zero-order chi connectivity index (χ0) is 10.6. The van der Waals surface area contributed by atoms with Crippen LogP contribution < -0.4 is 5.73 Å². The van der Waals surface area contributed by atoms with Crippen LogP contribution in [-0.4, -0.2) is 29.8 Å². The molecule has 14 heavy (non-hydrogen) atoms. The summed E-state index contributed by atoms with van der Waals surface area (Å²) in [5, 5.41) is 8.71. The van der Waals surface area contributed by atoms with E-state index in [1.165, 1.54) is 25.6 Å². The normalized spacial score (nSPS) is 12.4. The Morgan fingerprint density at radius 3 is 3.00 bits per heavy atom. The van der Waals surface area contributed by atoms with E-state index < -0.39 is 5.97 Å². The number of carboxylic acid groups (broad SMARTS) is 1. The van der Waals surface area contributed by atoms with Gasteiger partial charge >= 0.3 is 5.97 Å². The zero-order valence-corrected chi connectivity index (χ0v) is 7.80. The summed E-state index contributed by atoms with van der Waals surface area (Å²) < 4.78 is 4.86. The van der Waals surface area contributed by atoms with Crippen molar-refractivity contribution in [2.45, 2.75) is 6.04 Å². The maximum atomic E-state index is 10.6. The summed E-state index contributed by atoms with van der Waals surface area (Å²) in [6.45, 7) is 0.338. The SMILES string of the molecule is COC[C@@H](N)c1cncc(C(=O)O)c1. The highest BCUT2D eigenvalue weighted by molar-refractivity contribution is 5.87. The molecule has 1 heterocycles. The van der Waals surface area contributed by atoms with Gasteiger partial charge in [0, 0.05) is 19.5 Å². The average molecular weight is 196 g/mol. The molecule has 0 fully saturated rings. The number of pyridine rings is 1. The smallest absolute Gasteiger partial charge is 0.337 e. The molecule has 5 heteroatoms. The zero-order valence-electron chi connectivity index (χ0n) is 7.80. The minimum Gasteiger partial charge on any atom is -0.478 e. The van der Waals surface area contributed by atoms with Gasteiger partial charge in [-0.05, 0) is 11.6 Å². The fraction of sp³-hybridized carbons (Fsp3) is 0.333. The summed E-state index contributed by atoms with van der Waals surface area (Å²) in [7, 11) is 1.54. The lowest BCUT2D eigenvalue weighted by molar-refractivity contribution is 0.0696. The molecule has 0 bridgehead atoms. The number of aromatic carboxylic acids is 1. The number of hydrogen-bond acceptors (Lipinski definition) is 4. The molecule has 1 aromatic rings. The number of carboxylic acids is 1. The van der Waals surface area contributed by atoms with Crippen molar-refractivity contribution in [3.05, 3.63) is 29.6 Å². The molecule has 3 N–H and O–H groups in total. The molecule has 0 aromatic carbocycles. The van der Waals surface area contributed by atoms with E-state index in [4.69, 9.17) is 15.6 Å². The molecule has 0 aliphatic rings. The van der Waals surface area contributed by atoms with E-state index in [0.29, 0.717) is 12.2 Å². The summed E-state index contributed by atoms with van der Waals surface area (Å²) in [4.78, 5) is 14.4. The Labute approximate surface area is 81.5 Å². The summed E-state index contributed by atoms with van der Waals surface area (Å²) in [6, 6.07) is 1.16. The van der Waals surface area contributed by atoms with Gasteiger partial charge in [-0.25, -0.2) is 4.79 Å². The van der Waals surface area contributed by atoms with Crippen molar-refractivity contribution >= 4 is 5.97 Å². The van der Waals surface area contributed by atoms with Gasteiger partial charge in [0.25, 0.3) is 0 Å². The predicted molar refractivity (Wildman–Crippen MR) is 50.0 cm³/mol. The van der Waals surface area contributed by atoms with Gasteiger partial charge in [0.1, 0.15) is 0 Å². The molecule has 1 aromatic heterocycles. The molecular formula is C9H12N2O3. The van der Waals surface area contributed by atoms with Crippen LogP contribution in [0, 0.1) is 0 Å². The van der Waals surface area contributed by atoms with Gasteiger partial charge in [0.15, 0.2) is 0 Å². The van der Waals surface area contributed by atoms with Crippen molar-refractivity contribution in [2.24, 2.45) is 5.73 Å². The van der Waals surface area contributed by atoms with Crippen molar-refractivity contribution in [2.75, 3.05) is 13.7 Å². The first-order valence-electron chi connectivity index (χ1n) is 4.08. The molecular weight excluding hydrogens is 184 g/mol. The highest BCUT2D eigenvalue weighted by Crippen LogP contribution is 2.10. The minimum atomic E-state index is -1.01. The molecule has 0 spiro atoms. The summed E-state index contributed by atoms with van der Waals surface area (Å²) in [5.41, 5.74) is 6.51. The van der Waals surface area contributed by atoms with Gasteiger partial charge in [0.05, 0.1) is 18.2 Å². The lowest BCUT2D eigenvalue weighted by atomic mass is 10.1. The molecule has 1 rings (SSSR count). The standard InChI is InChI=1S/C9H12N2O3/c1-14-5-8(10)6-2-7(9(12)13)4-11-3-6/h2-4,8H,5,10H2,1H3,(H,12,13)/t8-/m1/s1. The Kier molecular flexibility index (Phi) is 3.55. The second-order valence-corrected chi connectivity index (χ2v) is 2.87. The van der Waals surface area contributed by atoms with Crippen LogP contribution in [-0.2, 0) is 4.74 Å². The minimum absolute atomic E-state index is 0.133. The Morgan fingerprint density at radius 2 is 2.43 bits per heavy atom. The van der Waals surface area contributed by atoms with Crippen LogP contribution in [0.15, 0.2) is 18.5 Å². The monoisotopic (exact) mass is 196 g/mol. The van der Waals surface area contributed by atoms with Gasteiger partial charge < -0.3 is 15.6 Å². The van der Waals surface area contributed by atoms with Crippen molar-refractivity contribution in [3.8, 4) is 0 Å². The van der Waals surface area contributed by atoms with Gasteiger partial charge in [-0.15, -0.1) is 0 Å². The molecule has 5 nitrogen and oxygen atoms in total. The fourth-order valence-corrected chi connectivity index (χ4v) is 1.05. The van der Waals surface area contributed by atoms with Crippen molar-refractivity contribution < 1.29 is 14.6 Å². The number of rotatable bonds is 4. The molecule has 76 valence electrons. The number of carbonyl (C=O) groups is 1. The van der Waals surface area contributed by atoms with Crippen LogP contribution >= 0.6 is 0 Å².